The molecule has 0 spiro atoms. The van der Waals surface area contributed by atoms with Gasteiger partial charge in [-0.15, -0.1) is 23.5 Å². The molecule has 0 saturated carbocycles. The second-order valence-corrected chi connectivity index (χ2v) is 20.5. The van der Waals surface area contributed by atoms with E-state index in [1.54, 1.807) is 23.5 Å². The Bertz CT molecular complexity index is 707. The normalized spacial score (nSPS) is 12.8. The molecule has 0 aromatic heterocycles. The Balaban J connectivity index is 4.26. The van der Waals surface area contributed by atoms with E-state index in [1.807, 2.05) is 69.2 Å². The van der Waals surface area contributed by atoms with Crippen molar-refractivity contribution >= 4 is 53.1 Å². The summed E-state index contributed by atoms with van der Waals surface area (Å²) in [6.07, 6.45) is 5.05. The summed E-state index contributed by atoms with van der Waals surface area (Å²) in [5, 5.41) is 0. The molecule has 274 valence electrons. The third-order valence-electron chi connectivity index (χ3n) is 6.85. The van der Waals surface area contributed by atoms with Crippen molar-refractivity contribution in [2.75, 3.05) is 64.4 Å². The Labute approximate surface area is 291 Å². The lowest BCUT2D eigenvalue weighted by molar-refractivity contribution is -0.146. The van der Waals surface area contributed by atoms with E-state index in [1.165, 1.54) is 0 Å². The van der Waals surface area contributed by atoms with Crippen molar-refractivity contribution in [3.8, 4) is 0 Å². The molecule has 14 heteroatoms. The maximum absolute atomic E-state index is 12.7. The van der Waals surface area contributed by atoms with E-state index in [4.69, 9.17) is 36.0 Å². The van der Waals surface area contributed by atoms with Crippen molar-refractivity contribution < 1.29 is 45.6 Å². The monoisotopic (exact) mass is 730 g/mol. The van der Waals surface area contributed by atoms with Crippen LogP contribution in [0.3, 0.4) is 0 Å². The fraction of sp³-hybridized carbons (Fsp3) is 0.938. The maximum Gasteiger partial charge on any atom is 0.500 e. The number of carbonyl (C=O) groups is 2. The summed E-state index contributed by atoms with van der Waals surface area (Å²) < 4.78 is 45.4. The van der Waals surface area contributed by atoms with Gasteiger partial charge in [-0.3, -0.25) is 9.59 Å². The van der Waals surface area contributed by atoms with Gasteiger partial charge in [-0.05, 0) is 119 Å². The van der Waals surface area contributed by atoms with Crippen LogP contribution < -0.4 is 0 Å². The molecule has 0 saturated heterocycles. The molecule has 10 nitrogen and oxygen atoms in total. The molecule has 0 aliphatic carbocycles. The highest BCUT2D eigenvalue weighted by Gasteiger charge is 2.41. The molecule has 0 N–H and O–H groups in total. The second-order valence-electron chi connectivity index (χ2n) is 11.6. The number of thioether (sulfide) groups is 2. The first-order valence-electron chi connectivity index (χ1n) is 17.3. The molecular formula is C32H66O10S2Si2. The zero-order valence-electron chi connectivity index (χ0n) is 30.6. The van der Waals surface area contributed by atoms with Gasteiger partial charge in [0.15, 0.2) is 0 Å². The molecule has 0 atom stereocenters. The van der Waals surface area contributed by atoms with Crippen molar-refractivity contribution in [1.82, 2.24) is 0 Å². The summed E-state index contributed by atoms with van der Waals surface area (Å²) in [6, 6.07) is 1.46. The number of rotatable bonds is 31. The van der Waals surface area contributed by atoms with E-state index in [0.29, 0.717) is 52.9 Å². The number of hydrogen-bond acceptors (Lipinski definition) is 12. The Morgan fingerprint density at radius 2 is 0.761 bits per heavy atom. The third kappa shape index (κ3) is 19.1. The fourth-order valence-corrected chi connectivity index (χ4v) is 12.3. The summed E-state index contributed by atoms with van der Waals surface area (Å²) >= 11 is 3.18. The first-order valence-corrected chi connectivity index (χ1v) is 23.1. The molecule has 0 fully saturated rings. The van der Waals surface area contributed by atoms with E-state index in [-0.39, 0.29) is 11.9 Å². The summed E-state index contributed by atoms with van der Waals surface area (Å²) in [6.45, 7) is 23.5. The highest BCUT2D eigenvalue weighted by atomic mass is 32.2. The van der Waals surface area contributed by atoms with Gasteiger partial charge in [-0.2, -0.15) is 0 Å². The van der Waals surface area contributed by atoms with Gasteiger partial charge in [-0.1, -0.05) is 0 Å². The van der Waals surface area contributed by atoms with Crippen LogP contribution in [0.15, 0.2) is 0 Å². The average Bonchev–Trinajstić information content (AvgIpc) is 2.99. The lowest BCUT2D eigenvalue weighted by Crippen LogP contribution is -2.46. The van der Waals surface area contributed by atoms with Crippen LogP contribution in [0.2, 0.25) is 12.1 Å². The van der Waals surface area contributed by atoms with Crippen LogP contribution in [0.5, 0.6) is 0 Å². The van der Waals surface area contributed by atoms with Gasteiger partial charge in [0, 0.05) is 51.7 Å². The number of ether oxygens (including phenoxy) is 2. The van der Waals surface area contributed by atoms with Gasteiger partial charge in [0.05, 0.1) is 13.2 Å². The number of carbonyl (C=O) groups excluding carboxylic acids is 2. The molecule has 0 aromatic carbocycles. The van der Waals surface area contributed by atoms with Crippen molar-refractivity contribution in [2.24, 2.45) is 0 Å². The highest BCUT2D eigenvalue weighted by Crippen LogP contribution is 2.30. The SMILES string of the molecule is CCO[Si](CCCSC(C)(C)C(=O)OCCCCCCOC(=O)C(C)(C)SCCC[Si](OCC)(OCC)OCC)(OCC)OCC. The predicted octanol–water partition coefficient (Wildman–Crippen LogP) is 7.53. The van der Waals surface area contributed by atoms with Gasteiger partial charge in [0.1, 0.15) is 9.49 Å². The van der Waals surface area contributed by atoms with Gasteiger partial charge >= 0.3 is 29.5 Å². The predicted molar refractivity (Wildman–Crippen MR) is 194 cm³/mol. The van der Waals surface area contributed by atoms with Crippen molar-refractivity contribution in [3.63, 3.8) is 0 Å². The number of esters is 2. The Morgan fingerprint density at radius 1 is 0.478 bits per heavy atom. The molecular weight excluding hydrogens is 665 g/mol. The van der Waals surface area contributed by atoms with E-state index in [0.717, 1.165) is 62.1 Å². The second kappa shape index (κ2) is 25.8. The molecule has 0 aromatic rings. The largest absolute Gasteiger partial charge is 0.500 e. The van der Waals surface area contributed by atoms with Crippen LogP contribution in [-0.2, 0) is 45.6 Å². The molecule has 0 amide bonds. The molecule has 0 radical (unpaired) electrons. The first kappa shape index (κ1) is 45.8. The van der Waals surface area contributed by atoms with Crippen molar-refractivity contribution in [2.45, 2.75) is 129 Å². The van der Waals surface area contributed by atoms with Gasteiger partial charge in [-0.25, -0.2) is 0 Å². The summed E-state index contributed by atoms with van der Waals surface area (Å²) in [5.74, 6) is 1.18. The van der Waals surface area contributed by atoms with Crippen LogP contribution in [0.1, 0.15) is 108 Å². The van der Waals surface area contributed by atoms with Gasteiger partial charge in [0.2, 0.25) is 0 Å². The molecule has 0 unspecified atom stereocenters. The zero-order valence-corrected chi connectivity index (χ0v) is 34.3. The zero-order chi connectivity index (χ0) is 35.0. The molecule has 46 heavy (non-hydrogen) atoms. The van der Waals surface area contributed by atoms with E-state index in [9.17, 15) is 9.59 Å². The molecule has 0 bridgehead atoms. The highest BCUT2D eigenvalue weighted by molar-refractivity contribution is 8.01. The summed E-state index contributed by atoms with van der Waals surface area (Å²) in [5.41, 5.74) is 0. The first-order chi connectivity index (χ1) is 21.8. The number of hydrogen-bond donors (Lipinski definition) is 0. The average molecular weight is 731 g/mol. The molecule has 0 heterocycles. The van der Waals surface area contributed by atoms with Gasteiger partial charge < -0.3 is 36.0 Å². The van der Waals surface area contributed by atoms with E-state index >= 15 is 0 Å². The molecule has 0 rings (SSSR count). The maximum atomic E-state index is 12.7. The number of unbranched alkanes of at least 4 members (excludes halogenated alkanes) is 3. The topological polar surface area (TPSA) is 108 Å². The molecule has 0 aliphatic rings. The summed E-state index contributed by atoms with van der Waals surface area (Å²) in [4.78, 5) is 25.4. The molecule has 0 aliphatic heterocycles. The van der Waals surface area contributed by atoms with Crippen molar-refractivity contribution in [1.29, 1.82) is 0 Å². The minimum atomic E-state index is -2.66. The van der Waals surface area contributed by atoms with Crippen LogP contribution >= 0.6 is 23.5 Å². The van der Waals surface area contributed by atoms with Crippen LogP contribution in [0, 0.1) is 0 Å². The standard InChI is InChI=1S/C32H66O10S2Si2/c1-11-37-45(38-12-2,39-13-3)27-21-25-43-31(7,8)29(33)35-23-19-17-18-20-24-36-30(34)32(9,10)44-26-22-28-46(40-14-4,41-15-5)42-16-6/h11-28H2,1-10H3. The van der Waals surface area contributed by atoms with Crippen LogP contribution in [0.4, 0.5) is 0 Å². The fourth-order valence-electron chi connectivity index (χ4n) is 4.59. The van der Waals surface area contributed by atoms with Crippen molar-refractivity contribution in [3.05, 3.63) is 0 Å². The minimum Gasteiger partial charge on any atom is -0.465 e. The lowest BCUT2D eigenvalue weighted by atomic mass is 10.2. The van der Waals surface area contributed by atoms with Gasteiger partial charge in [0.25, 0.3) is 0 Å². The Kier molecular flexibility index (Phi) is 25.7. The van der Waals surface area contributed by atoms with Crippen LogP contribution in [-0.4, -0.2) is 103 Å². The Hall–Kier alpha value is -0.166. The minimum absolute atomic E-state index is 0.198. The lowest BCUT2D eigenvalue weighted by Gasteiger charge is -2.29. The third-order valence-corrected chi connectivity index (χ3v) is 15.9. The summed E-state index contributed by atoms with van der Waals surface area (Å²) in [7, 11) is -5.33. The van der Waals surface area contributed by atoms with Crippen LogP contribution in [0.25, 0.3) is 0 Å². The quantitative estimate of drug-likeness (QED) is 0.0400. The Morgan fingerprint density at radius 3 is 1.02 bits per heavy atom. The van der Waals surface area contributed by atoms with E-state index in [2.05, 4.69) is 0 Å². The smallest absolute Gasteiger partial charge is 0.465 e. The van der Waals surface area contributed by atoms with E-state index < -0.39 is 27.1 Å².